The van der Waals surface area contributed by atoms with Gasteiger partial charge in [0.25, 0.3) is 0 Å². The third-order valence-electron chi connectivity index (χ3n) is 4.33. The molecule has 0 radical (unpaired) electrons. The summed E-state index contributed by atoms with van der Waals surface area (Å²) in [5.41, 5.74) is 0. The largest absolute Gasteiger partial charge is 0.300 e. The Morgan fingerprint density at radius 1 is 1.25 bits per heavy atom. The Morgan fingerprint density at radius 2 is 1.94 bits per heavy atom. The number of rotatable bonds is 6. The van der Waals surface area contributed by atoms with E-state index >= 15 is 0 Å². The average Bonchev–Trinajstić information content (AvgIpc) is 2.26. The van der Waals surface area contributed by atoms with Crippen molar-refractivity contribution in [2.75, 3.05) is 0 Å². The van der Waals surface area contributed by atoms with Crippen LogP contribution in [0.4, 0.5) is 0 Å². The van der Waals surface area contributed by atoms with E-state index in [1.54, 1.807) is 0 Å². The van der Waals surface area contributed by atoms with Crippen molar-refractivity contribution in [3.8, 4) is 0 Å². The molecule has 0 spiro atoms. The summed E-state index contributed by atoms with van der Waals surface area (Å²) in [7, 11) is 0. The molecule has 16 heavy (non-hydrogen) atoms. The summed E-state index contributed by atoms with van der Waals surface area (Å²) in [6.07, 6.45) is 9.40. The van der Waals surface area contributed by atoms with E-state index in [0.29, 0.717) is 11.7 Å². The maximum atomic E-state index is 11.4. The van der Waals surface area contributed by atoms with Gasteiger partial charge in [-0.25, -0.2) is 0 Å². The molecule has 0 aromatic heterocycles. The lowest BCUT2D eigenvalue weighted by molar-refractivity contribution is -0.121. The van der Waals surface area contributed by atoms with E-state index in [-0.39, 0.29) is 0 Å². The number of hydrogen-bond acceptors (Lipinski definition) is 1. The highest BCUT2D eigenvalue weighted by atomic mass is 16.1. The van der Waals surface area contributed by atoms with E-state index in [9.17, 15) is 4.79 Å². The standard InChI is InChI=1S/C15H28O/c1-4-6-12(2)13(3)9-10-14-7-5-8-15(16)11-14/h12-14H,4-11H2,1-3H3/t12-,13-,14+/m0/s1. The summed E-state index contributed by atoms with van der Waals surface area (Å²) in [5, 5.41) is 0. The highest BCUT2D eigenvalue weighted by molar-refractivity contribution is 5.79. The average molecular weight is 224 g/mol. The fraction of sp³-hybridized carbons (Fsp3) is 0.933. The minimum absolute atomic E-state index is 0.505. The topological polar surface area (TPSA) is 17.1 Å². The van der Waals surface area contributed by atoms with Gasteiger partial charge in [-0.3, -0.25) is 4.79 Å². The van der Waals surface area contributed by atoms with Crippen molar-refractivity contribution in [2.45, 2.75) is 72.1 Å². The van der Waals surface area contributed by atoms with Gasteiger partial charge in [0.2, 0.25) is 0 Å². The van der Waals surface area contributed by atoms with E-state index in [4.69, 9.17) is 0 Å². The van der Waals surface area contributed by atoms with Gasteiger partial charge in [-0.2, -0.15) is 0 Å². The molecule has 0 bridgehead atoms. The molecule has 0 aromatic carbocycles. The quantitative estimate of drug-likeness (QED) is 0.644. The molecule has 0 heterocycles. The van der Waals surface area contributed by atoms with Gasteiger partial charge >= 0.3 is 0 Å². The van der Waals surface area contributed by atoms with Crippen LogP contribution in [-0.2, 0) is 4.79 Å². The van der Waals surface area contributed by atoms with Gasteiger partial charge in [0.1, 0.15) is 5.78 Å². The molecule has 0 unspecified atom stereocenters. The van der Waals surface area contributed by atoms with Crippen LogP contribution in [0, 0.1) is 17.8 Å². The molecule has 1 heteroatoms. The Labute approximate surface area is 101 Å². The number of hydrogen-bond donors (Lipinski definition) is 0. The smallest absolute Gasteiger partial charge is 0.133 e. The maximum absolute atomic E-state index is 11.4. The third-order valence-corrected chi connectivity index (χ3v) is 4.33. The minimum Gasteiger partial charge on any atom is -0.300 e. The van der Waals surface area contributed by atoms with Crippen LogP contribution in [0.3, 0.4) is 0 Å². The van der Waals surface area contributed by atoms with Crippen molar-refractivity contribution in [1.82, 2.24) is 0 Å². The second kappa shape index (κ2) is 7.09. The lowest BCUT2D eigenvalue weighted by Crippen LogP contribution is -2.17. The summed E-state index contributed by atoms with van der Waals surface area (Å²) in [6, 6.07) is 0. The molecular formula is C15H28O. The Hall–Kier alpha value is -0.330. The Bertz CT molecular complexity index is 209. The summed E-state index contributed by atoms with van der Waals surface area (Å²) < 4.78 is 0. The zero-order valence-corrected chi connectivity index (χ0v) is 11.3. The van der Waals surface area contributed by atoms with Crippen molar-refractivity contribution in [3.05, 3.63) is 0 Å². The maximum Gasteiger partial charge on any atom is 0.133 e. The molecule has 0 aromatic rings. The van der Waals surface area contributed by atoms with Crippen LogP contribution in [-0.4, -0.2) is 5.78 Å². The zero-order chi connectivity index (χ0) is 12.0. The van der Waals surface area contributed by atoms with Crippen molar-refractivity contribution in [2.24, 2.45) is 17.8 Å². The molecule has 3 atom stereocenters. The molecule has 0 saturated heterocycles. The van der Waals surface area contributed by atoms with Gasteiger partial charge in [0.05, 0.1) is 0 Å². The van der Waals surface area contributed by atoms with E-state index in [2.05, 4.69) is 20.8 Å². The molecule has 1 fully saturated rings. The molecule has 94 valence electrons. The van der Waals surface area contributed by atoms with Crippen molar-refractivity contribution in [1.29, 1.82) is 0 Å². The molecule has 1 nitrogen and oxygen atoms in total. The highest BCUT2D eigenvalue weighted by Crippen LogP contribution is 2.29. The van der Waals surface area contributed by atoms with Crippen LogP contribution >= 0.6 is 0 Å². The third kappa shape index (κ3) is 4.67. The van der Waals surface area contributed by atoms with Crippen LogP contribution in [0.2, 0.25) is 0 Å². The van der Waals surface area contributed by atoms with E-state index in [1.807, 2.05) is 0 Å². The first-order chi connectivity index (χ1) is 7.63. The van der Waals surface area contributed by atoms with E-state index in [0.717, 1.165) is 31.1 Å². The van der Waals surface area contributed by atoms with Crippen LogP contribution in [0.25, 0.3) is 0 Å². The molecule has 1 rings (SSSR count). The molecular weight excluding hydrogens is 196 g/mol. The van der Waals surface area contributed by atoms with E-state index in [1.165, 1.54) is 32.1 Å². The molecule has 1 aliphatic rings. The molecule has 0 N–H and O–H groups in total. The Kier molecular flexibility index (Phi) is 6.08. The molecule has 1 aliphatic carbocycles. The number of carbonyl (C=O) groups is 1. The zero-order valence-electron chi connectivity index (χ0n) is 11.3. The highest BCUT2D eigenvalue weighted by Gasteiger charge is 2.20. The first-order valence-electron chi connectivity index (χ1n) is 7.15. The second-order valence-corrected chi connectivity index (χ2v) is 5.82. The lowest BCUT2D eigenvalue weighted by atomic mass is 9.81. The van der Waals surface area contributed by atoms with Crippen molar-refractivity contribution in [3.63, 3.8) is 0 Å². The van der Waals surface area contributed by atoms with E-state index < -0.39 is 0 Å². The lowest BCUT2D eigenvalue weighted by Gasteiger charge is -2.24. The minimum atomic E-state index is 0.505. The molecule has 0 aliphatic heterocycles. The number of ketones is 1. The first-order valence-corrected chi connectivity index (χ1v) is 7.15. The predicted octanol–water partition coefficient (Wildman–Crippen LogP) is 4.60. The van der Waals surface area contributed by atoms with Crippen LogP contribution in [0.15, 0.2) is 0 Å². The Morgan fingerprint density at radius 3 is 2.56 bits per heavy atom. The summed E-state index contributed by atoms with van der Waals surface area (Å²) in [5.74, 6) is 2.89. The summed E-state index contributed by atoms with van der Waals surface area (Å²) in [4.78, 5) is 11.4. The van der Waals surface area contributed by atoms with Crippen LogP contribution < -0.4 is 0 Å². The Balaban J connectivity index is 2.20. The monoisotopic (exact) mass is 224 g/mol. The van der Waals surface area contributed by atoms with Crippen LogP contribution in [0.5, 0.6) is 0 Å². The molecule has 1 saturated carbocycles. The van der Waals surface area contributed by atoms with Gasteiger partial charge < -0.3 is 0 Å². The van der Waals surface area contributed by atoms with Gasteiger partial charge in [0, 0.05) is 12.8 Å². The fourth-order valence-electron chi connectivity index (χ4n) is 2.88. The first kappa shape index (κ1) is 13.7. The van der Waals surface area contributed by atoms with Gasteiger partial charge in [-0.05, 0) is 37.0 Å². The van der Waals surface area contributed by atoms with Crippen LogP contribution in [0.1, 0.15) is 72.1 Å². The number of Topliss-reactive ketones (excluding diaryl/α,β-unsaturated/α-hetero) is 1. The van der Waals surface area contributed by atoms with Gasteiger partial charge in [-0.15, -0.1) is 0 Å². The SMILES string of the molecule is CCC[C@H](C)[C@@H](C)CC[C@H]1CCCC(=O)C1. The summed E-state index contributed by atoms with van der Waals surface area (Å²) in [6.45, 7) is 7.02. The normalized spacial score (nSPS) is 25.4. The summed E-state index contributed by atoms with van der Waals surface area (Å²) >= 11 is 0. The fourth-order valence-corrected chi connectivity index (χ4v) is 2.88. The predicted molar refractivity (Wildman–Crippen MR) is 69.4 cm³/mol. The van der Waals surface area contributed by atoms with Gasteiger partial charge in [0.15, 0.2) is 0 Å². The second-order valence-electron chi connectivity index (χ2n) is 5.82. The van der Waals surface area contributed by atoms with Crippen molar-refractivity contribution < 1.29 is 4.79 Å². The number of carbonyl (C=O) groups excluding carboxylic acids is 1. The van der Waals surface area contributed by atoms with Gasteiger partial charge in [-0.1, -0.05) is 40.0 Å². The molecule has 0 amide bonds. The van der Waals surface area contributed by atoms with Crippen molar-refractivity contribution >= 4 is 5.78 Å².